The van der Waals surface area contributed by atoms with Gasteiger partial charge in [-0.05, 0) is 139 Å². The third kappa shape index (κ3) is 16.5. The van der Waals surface area contributed by atoms with Crippen molar-refractivity contribution in [1.82, 2.24) is 4.90 Å². The highest BCUT2D eigenvalue weighted by molar-refractivity contribution is 6.39. The number of benzene rings is 1. The van der Waals surface area contributed by atoms with E-state index in [1.54, 1.807) is 41.1 Å². The summed E-state index contributed by atoms with van der Waals surface area (Å²) in [5.41, 5.74) is 1.83. The Bertz CT molecular complexity index is 2330. The molecule has 0 spiro atoms. The third-order valence-corrected chi connectivity index (χ3v) is 17.9. The largest absolute Gasteiger partial charge is 0.460 e. The van der Waals surface area contributed by atoms with Gasteiger partial charge in [0.2, 0.25) is 5.79 Å². The number of hydrogen-bond donors (Lipinski definition) is 2. The summed E-state index contributed by atoms with van der Waals surface area (Å²) >= 11 is 0. The van der Waals surface area contributed by atoms with Gasteiger partial charge < -0.3 is 48.3 Å². The van der Waals surface area contributed by atoms with Crippen LogP contribution in [0.25, 0.3) is 0 Å². The lowest BCUT2D eigenvalue weighted by molar-refractivity contribution is -0.265. The molecule has 6 rings (SSSR count). The highest BCUT2D eigenvalue weighted by atomic mass is 16.6. The van der Waals surface area contributed by atoms with Gasteiger partial charge in [0.1, 0.15) is 18.2 Å². The number of carbonyl (C=O) groups is 5. The van der Waals surface area contributed by atoms with Gasteiger partial charge in [0.25, 0.3) is 11.7 Å². The van der Waals surface area contributed by atoms with Crippen molar-refractivity contribution in [3.63, 3.8) is 0 Å². The quantitative estimate of drug-likeness (QED) is 0.175. The molecular weight excluding hydrogens is 1010 g/mol. The number of methoxy groups -OCH3 is 3. The van der Waals surface area contributed by atoms with Crippen molar-refractivity contribution in [1.29, 1.82) is 0 Å². The van der Waals surface area contributed by atoms with Crippen LogP contribution in [0.4, 0.5) is 0 Å². The van der Waals surface area contributed by atoms with Crippen LogP contribution in [-0.4, -0.2) is 138 Å². The van der Waals surface area contributed by atoms with E-state index < -0.39 is 83.4 Å². The molecule has 1 aliphatic carbocycles. The Hall–Kier alpha value is -4.19. The first-order valence-electron chi connectivity index (χ1n) is 29.4. The van der Waals surface area contributed by atoms with E-state index in [1.165, 1.54) is 12.0 Å². The van der Waals surface area contributed by atoms with E-state index >= 15 is 0 Å². The number of Topliss-reactive ketones (excluding diaryl/α,β-unsaturated/α-hetero) is 3. The molecule has 4 aliphatic heterocycles. The fourth-order valence-corrected chi connectivity index (χ4v) is 12.8. The predicted octanol–water partition coefficient (Wildman–Crippen LogP) is 9.90. The molecule has 4 fully saturated rings. The molecule has 0 aromatic heterocycles. The minimum Gasteiger partial charge on any atom is -0.460 e. The number of fused-ring (bicyclic) bond motifs is 3. The van der Waals surface area contributed by atoms with Gasteiger partial charge in [-0.25, -0.2) is 4.79 Å². The number of cyclic esters (lactones) is 1. The molecule has 15 nitrogen and oxygen atoms in total. The summed E-state index contributed by atoms with van der Waals surface area (Å²) in [5.74, 6) is -7.93. The SMILES string of the molecule is COC1CC2CCC(C)C(O)(O2)C(=O)C(=O)N2CCCCC2C(=O)OC(C(C)CC2CCC(OC3CCC(c4ccccc4)OC3(C)C)C(OC)C2)CC(=O)/C(C)=C\C(C)C(O)C(OC)C(=O)C(C)CC(C)C=CC=CC=C1C. The number of amides is 1. The lowest BCUT2D eigenvalue weighted by Gasteiger charge is -2.46. The van der Waals surface area contributed by atoms with Crippen LogP contribution in [0.1, 0.15) is 164 Å². The second-order valence-electron chi connectivity index (χ2n) is 24.4. The summed E-state index contributed by atoms with van der Waals surface area (Å²) in [7, 11) is 4.69. The minimum atomic E-state index is -2.44. The van der Waals surface area contributed by atoms with E-state index in [0.717, 1.165) is 36.8 Å². The number of aliphatic hydroxyl groups is 2. The maximum atomic E-state index is 14.7. The summed E-state index contributed by atoms with van der Waals surface area (Å²) in [6, 6.07) is 9.12. The zero-order valence-corrected chi connectivity index (χ0v) is 49.4. The lowest BCUT2D eigenvalue weighted by atomic mass is 9.78. The van der Waals surface area contributed by atoms with Crippen molar-refractivity contribution in [3.05, 3.63) is 83.5 Å². The van der Waals surface area contributed by atoms with Crippen LogP contribution < -0.4 is 0 Å². The van der Waals surface area contributed by atoms with E-state index in [9.17, 15) is 34.2 Å². The van der Waals surface area contributed by atoms with Crippen molar-refractivity contribution in [3.8, 4) is 0 Å². The summed E-state index contributed by atoms with van der Waals surface area (Å²) < 4.78 is 43.8. The number of allylic oxidation sites excluding steroid dienone is 6. The van der Waals surface area contributed by atoms with Gasteiger partial charge >= 0.3 is 5.97 Å². The average Bonchev–Trinajstić information content (AvgIpc) is 3.44. The number of carbonyl (C=O) groups excluding carboxylic acids is 5. The zero-order valence-electron chi connectivity index (χ0n) is 49.4. The topological polar surface area (TPSA) is 194 Å². The van der Waals surface area contributed by atoms with Crippen LogP contribution >= 0.6 is 0 Å². The molecule has 1 aromatic carbocycles. The van der Waals surface area contributed by atoms with E-state index in [1.807, 2.05) is 76.3 Å². The van der Waals surface area contributed by atoms with Crippen LogP contribution in [0, 0.1) is 35.5 Å². The lowest BCUT2D eigenvalue weighted by Crippen LogP contribution is -2.61. The second kappa shape index (κ2) is 29.2. The standard InChI is InChI=1S/C64H95NO14/c1-39-21-15-13-16-22-40(2)53(73-10)37-48-28-26-45(7)64(72,78-48)60(69)61(70)65-32-20-19-25-49(65)62(71)77-54(38-50(66)41(3)34-44(6)58(68)59(75-12)57(67)43(5)33-39)42(4)35-46-27-29-52(55(36-46)74-11)76-56-31-30-51(79-63(56,8)9)47-23-17-14-18-24-47/h13-18,21-24,34,39,42-46,48-49,51-56,58-59,68,72H,19-20,25-33,35-38H2,1-12H3/b16-13?,21-15?,40-22?,41-34-. The van der Waals surface area contributed by atoms with Crippen molar-refractivity contribution in [2.45, 2.75) is 225 Å². The predicted molar refractivity (Wildman–Crippen MR) is 301 cm³/mol. The molecule has 17 atom stereocenters. The average molecular weight is 1100 g/mol. The maximum Gasteiger partial charge on any atom is 0.329 e. The van der Waals surface area contributed by atoms with Gasteiger partial charge in [-0.1, -0.05) is 101 Å². The van der Waals surface area contributed by atoms with Gasteiger partial charge in [-0.3, -0.25) is 19.2 Å². The first kappa shape index (κ1) is 64.0. The number of nitrogens with zero attached hydrogens (tertiary/aromatic N) is 1. The fraction of sp³-hybridized carbons (Fsp3) is 0.703. The fourth-order valence-electron chi connectivity index (χ4n) is 12.8. The molecule has 0 radical (unpaired) electrons. The first-order chi connectivity index (χ1) is 37.5. The number of rotatable bonds is 9. The second-order valence-corrected chi connectivity index (χ2v) is 24.4. The van der Waals surface area contributed by atoms with E-state index in [0.29, 0.717) is 56.9 Å². The number of ether oxygens (including phenoxy) is 7. The van der Waals surface area contributed by atoms with Gasteiger partial charge in [-0.2, -0.15) is 0 Å². The Kier molecular flexibility index (Phi) is 23.6. The molecule has 440 valence electrons. The Morgan fingerprint density at radius 2 is 1.53 bits per heavy atom. The Morgan fingerprint density at radius 1 is 0.797 bits per heavy atom. The Balaban J connectivity index is 1.25. The Morgan fingerprint density at radius 3 is 2.22 bits per heavy atom. The highest BCUT2D eigenvalue weighted by Gasteiger charge is 2.53. The van der Waals surface area contributed by atoms with Crippen molar-refractivity contribution in [2.75, 3.05) is 27.9 Å². The minimum absolute atomic E-state index is 0.0119. The molecule has 5 aliphatic rings. The molecule has 1 saturated carbocycles. The molecule has 79 heavy (non-hydrogen) atoms. The molecule has 3 saturated heterocycles. The molecule has 1 aromatic rings. The van der Waals surface area contributed by atoms with Gasteiger partial charge in [0.05, 0.1) is 48.3 Å². The summed E-state index contributed by atoms with van der Waals surface area (Å²) in [6.07, 6.45) is 13.7. The molecule has 2 bridgehead atoms. The van der Waals surface area contributed by atoms with Crippen LogP contribution in [0.3, 0.4) is 0 Å². The van der Waals surface area contributed by atoms with E-state index in [4.69, 9.17) is 33.2 Å². The molecule has 1 amide bonds. The van der Waals surface area contributed by atoms with Gasteiger partial charge in [-0.15, -0.1) is 0 Å². The van der Waals surface area contributed by atoms with Crippen molar-refractivity contribution >= 4 is 29.2 Å². The Labute approximate surface area is 471 Å². The zero-order chi connectivity index (χ0) is 57.8. The van der Waals surface area contributed by atoms with Gasteiger partial charge in [0, 0.05) is 58.5 Å². The van der Waals surface area contributed by atoms with E-state index in [-0.39, 0.29) is 73.1 Å². The van der Waals surface area contributed by atoms with Crippen LogP contribution in [0.5, 0.6) is 0 Å². The molecular formula is C64H95NO14. The van der Waals surface area contributed by atoms with Gasteiger partial charge in [0.15, 0.2) is 11.6 Å². The summed E-state index contributed by atoms with van der Waals surface area (Å²) in [6.45, 7) is 17.1. The normalized spacial score (nSPS) is 37.6. The summed E-state index contributed by atoms with van der Waals surface area (Å²) in [5, 5.41) is 23.7. The van der Waals surface area contributed by atoms with Crippen LogP contribution in [0.2, 0.25) is 0 Å². The number of aliphatic hydroxyl groups excluding tert-OH is 1. The molecule has 2 N–H and O–H groups in total. The first-order valence-corrected chi connectivity index (χ1v) is 29.4. The van der Waals surface area contributed by atoms with Crippen molar-refractivity contribution < 1.29 is 67.3 Å². The van der Waals surface area contributed by atoms with E-state index in [2.05, 4.69) is 26.0 Å². The molecule has 17 unspecified atom stereocenters. The van der Waals surface area contributed by atoms with Crippen LogP contribution in [0.15, 0.2) is 77.9 Å². The number of ketones is 3. The van der Waals surface area contributed by atoms with Crippen LogP contribution in [-0.2, 0) is 57.1 Å². The number of hydrogen-bond acceptors (Lipinski definition) is 14. The maximum absolute atomic E-state index is 14.7. The third-order valence-electron chi connectivity index (χ3n) is 17.9. The monoisotopic (exact) mass is 1100 g/mol. The summed E-state index contributed by atoms with van der Waals surface area (Å²) in [4.78, 5) is 73.1. The smallest absolute Gasteiger partial charge is 0.329 e. The number of esters is 1. The molecule has 4 heterocycles. The molecule has 15 heteroatoms. The highest BCUT2D eigenvalue weighted by Crippen LogP contribution is 2.42. The number of piperidine rings is 1. The van der Waals surface area contributed by atoms with Crippen molar-refractivity contribution in [2.24, 2.45) is 35.5 Å².